The normalized spacial score (nSPS) is 15.2. The molecule has 0 aromatic heterocycles. The van der Waals surface area contributed by atoms with Crippen LogP contribution in [-0.2, 0) is 4.79 Å². The molecular formula is C22H23IN2O4S. The zero-order valence-electron chi connectivity index (χ0n) is 17.3. The van der Waals surface area contributed by atoms with Gasteiger partial charge < -0.3 is 19.1 Å². The van der Waals surface area contributed by atoms with Gasteiger partial charge in [-0.15, -0.1) is 0 Å². The number of nitrogens with zero attached hydrogens (tertiary/aromatic N) is 2. The molecule has 3 rings (SSSR count). The molecule has 1 aliphatic rings. The van der Waals surface area contributed by atoms with Gasteiger partial charge in [-0.3, -0.25) is 9.69 Å². The van der Waals surface area contributed by atoms with E-state index >= 15 is 0 Å². The number of thiocarbonyl (C=S) groups is 1. The molecular weight excluding hydrogens is 515 g/mol. The summed E-state index contributed by atoms with van der Waals surface area (Å²) in [5, 5.41) is 0.420. The van der Waals surface area contributed by atoms with Gasteiger partial charge >= 0.3 is 0 Å². The second-order valence-corrected chi connectivity index (χ2v) is 7.93. The summed E-state index contributed by atoms with van der Waals surface area (Å²) in [6.45, 7) is 4.94. The maximum absolute atomic E-state index is 13.2. The SMILES string of the molecule is CCOc1ccc(N2C(=O)/C(=C/c3cc(I)c(OC)c(OCC)c3)N(C)C2=S)cc1. The zero-order valence-corrected chi connectivity index (χ0v) is 20.2. The van der Waals surface area contributed by atoms with Gasteiger partial charge in [-0.25, -0.2) is 0 Å². The van der Waals surface area contributed by atoms with Gasteiger partial charge in [-0.05, 0) is 96.7 Å². The molecule has 0 N–H and O–H groups in total. The zero-order chi connectivity index (χ0) is 21.8. The van der Waals surface area contributed by atoms with Crippen molar-refractivity contribution in [2.75, 3.05) is 32.3 Å². The Hall–Kier alpha value is -2.33. The van der Waals surface area contributed by atoms with Gasteiger partial charge in [-0.2, -0.15) is 0 Å². The topological polar surface area (TPSA) is 51.2 Å². The van der Waals surface area contributed by atoms with Crippen molar-refractivity contribution in [2.24, 2.45) is 0 Å². The second-order valence-electron chi connectivity index (χ2n) is 6.41. The highest BCUT2D eigenvalue weighted by Crippen LogP contribution is 2.36. The van der Waals surface area contributed by atoms with E-state index in [9.17, 15) is 4.79 Å². The van der Waals surface area contributed by atoms with Crippen LogP contribution in [0.25, 0.3) is 6.08 Å². The van der Waals surface area contributed by atoms with Gasteiger partial charge in [-0.1, -0.05) is 0 Å². The van der Waals surface area contributed by atoms with Crippen molar-refractivity contribution in [1.82, 2.24) is 4.90 Å². The van der Waals surface area contributed by atoms with Crippen molar-refractivity contribution >= 4 is 57.6 Å². The first-order chi connectivity index (χ1) is 14.4. The lowest BCUT2D eigenvalue weighted by molar-refractivity contribution is -0.114. The minimum absolute atomic E-state index is 0.185. The van der Waals surface area contributed by atoms with Crippen LogP contribution in [0, 0.1) is 3.57 Å². The quantitative estimate of drug-likeness (QED) is 0.290. The Morgan fingerprint density at radius 1 is 1.10 bits per heavy atom. The number of ether oxygens (including phenoxy) is 3. The molecule has 6 nitrogen and oxygen atoms in total. The molecule has 8 heteroatoms. The lowest BCUT2D eigenvalue weighted by Gasteiger charge is -2.16. The van der Waals surface area contributed by atoms with Crippen molar-refractivity contribution in [1.29, 1.82) is 0 Å². The van der Waals surface area contributed by atoms with Gasteiger partial charge in [0, 0.05) is 7.05 Å². The highest BCUT2D eigenvalue weighted by atomic mass is 127. The highest BCUT2D eigenvalue weighted by molar-refractivity contribution is 14.1. The number of likely N-dealkylation sites (N-methyl/N-ethyl adjacent to an activating group) is 1. The molecule has 30 heavy (non-hydrogen) atoms. The van der Waals surface area contributed by atoms with Crippen molar-refractivity contribution < 1.29 is 19.0 Å². The summed E-state index contributed by atoms with van der Waals surface area (Å²) in [6.07, 6.45) is 1.81. The highest BCUT2D eigenvalue weighted by Gasteiger charge is 2.36. The molecule has 2 aromatic carbocycles. The predicted molar refractivity (Wildman–Crippen MR) is 130 cm³/mol. The first-order valence-electron chi connectivity index (χ1n) is 9.48. The van der Waals surface area contributed by atoms with Crippen LogP contribution in [0.1, 0.15) is 19.4 Å². The van der Waals surface area contributed by atoms with Crippen LogP contribution in [0.4, 0.5) is 5.69 Å². The first kappa shape index (κ1) is 22.4. The molecule has 1 fully saturated rings. The fourth-order valence-electron chi connectivity index (χ4n) is 3.13. The number of methoxy groups -OCH3 is 1. The van der Waals surface area contributed by atoms with Crippen LogP contribution in [0.15, 0.2) is 42.1 Å². The fourth-order valence-corrected chi connectivity index (χ4v) is 4.26. The Morgan fingerprint density at radius 3 is 2.37 bits per heavy atom. The number of hydrogen-bond acceptors (Lipinski definition) is 5. The van der Waals surface area contributed by atoms with E-state index in [1.54, 1.807) is 19.1 Å². The van der Waals surface area contributed by atoms with Crippen LogP contribution in [-0.4, -0.2) is 43.3 Å². The van der Waals surface area contributed by atoms with E-state index in [2.05, 4.69) is 22.6 Å². The molecule has 0 bridgehead atoms. The molecule has 0 spiro atoms. The van der Waals surface area contributed by atoms with E-state index in [1.807, 2.05) is 56.3 Å². The number of benzene rings is 2. The van der Waals surface area contributed by atoms with E-state index in [-0.39, 0.29) is 5.91 Å². The summed E-state index contributed by atoms with van der Waals surface area (Å²) in [7, 11) is 3.40. The third kappa shape index (κ3) is 4.39. The van der Waals surface area contributed by atoms with E-state index in [0.29, 0.717) is 41.2 Å². The van der Waals surface area contributed by atoms with Crippen molar-refractivity contribution in [3.63, 3.8) is 0 Å². The number of hydrogen-bond donors (Lipinski definition) is 0. The molecule has 1 saturated heterocycles. The second kappa shape index (κ2) is 9.65. The number of anilines is 1. The molecule has 0 radical (unpaired) electrons. The Balaban J connectivity index is 1.96. The molecule has 0 unspecified atom stereocenters. The number of halogens is 1. The Morgan fingerprint density at radius 2 is 1.77 bits per heavy atom. The summed E-state index contributed by atoms with van der Waals surface area (Å²) >= 11 is 7.74. The predicted octanol–water partition coefficient (Wildman–Crippen LogP) is 4.70. The third-order valence-corrected chi connectivity index (χ3v) is 5.76. The number of amides is 1. The number of carbonyl (C=O) groups is 1. The van der Waals surface area contributed by atoms with Crippen molar-refractivity contribution in [3.8, 4) is 17.2 Å². The van der Waals surface area contributed by atoms with E-state index < -0.39 is 0 Å². The third-order valence-electron chi connectivity index (χ3n) is 4.51. The molecule has 1 aliphatic heterocycles. The van der Waals surface area contributed by atoms with E-state index in [0.717, 1.165) is 14.9 Å². The standard InChI is InChI=1S/C22H23IN2O4S/c1-5-28-16-9-7-15(8-10-16)25-21(26)18(24(3)22(25)30)12-14-11-17(23)20(27-4)19(13-14)29-6-2/h7-13H,5-6H2,1-4H3/b18-12-. The van der Waals surface area contributed by atoms with Gasteiger partial charge in [0.25, 0.3) is 5.91 Å². The Bertz CT molecular complexity index is 991. The van der Waals surface area contributed by atoms with Gasteiger partial charge in [0.1, 0.15) is 11.4 Å². The van der Waals surface area contributed by atoms with Gasteiger partial charge in [0.15, 0.2) is 16.6 Å². The van der Waals surface area contributed by atoms with Gasteiger partial charge in [0.05, 0.1) is 29.6 Å². The first-order valence-corrected chi connectivity index (χ1v) is 11.0. The van der Waals surface area contributed by atoms with Crippen molar-refractivity contribution in [2.45, 2.75) is 13.8 Å². The maximum atomic E-state index is 13.2. The average Bonchev–Trinajstić information content (AvgIpc) is 2.92. The number of rotatable bonds is 7. The minimum atomic E-state index is -0.185. The molecule has 2 aromatic rings. The molecule has 1 heterocycles. The summed E-state index contributed by atoms with van der Waals surface area (Å²) in [6, 6.07) is 11.1. The monoisotopic (exact) mass is 538 g/mol. The summed E-state index contributed by atoms with van der Waals surface area (Å²) < 4.78 is 17.5. The molecule has 0 aliphatic carbocycles. The van der Waals surface area contributed by atoms with E-state index in [4.69, 9.17) is 26.4 Å². The van der Waals surface area contributed by atoms with Crippen LogP contribution >= 0.6 is 34.8 Å². The summed E-state index contributed by atoms with van der Waals surface area (Å²) in [5.74, 6) is 1.88. The molecule has 0 atom stereocenters. The summed E-state index contributed by atoms with van der Waals surface area (Å²) in [4.78, 5) is 16.4. The Kier molecular flexibility index (Phi) is 7.19. The lowest BCUT2D eigenvalue weighted by Crippen LogP contribution is -2.31. The van der Waals surface area contributed by atoms with Crippen molar-refractivity contribution in [3.05, 3.63) is 51.2 Å². The van der Waals surface area contributed by atoms with Crippen LogP contribution in [0.2, 0.25) is 0 Å². The number of carbonyl (C=O) groups excluding carboxylic acids is 1. The average molecular weight is 538 g/mol. The molecule has 0 saturated carbocycles. The van der Waals surface area contributed by atoms with Gasteiger partial charge in [0.2, 0.25) is 0 Å². The lowest BCUT2D eigenvalue weighted by atomic mass is 10.1. The molecule has 158 valence electrons. The van der Waals surface area contributed by atoms with Crippen LogP contribution in [0.5, 0.6) is 17.2 Å². The summed E-state index contributed by atoms with van der Waals surface area (Å²) in [5.41, 5.74) is 2.01. The largest absolute Gasteiger partial charge is 0.494 e. The minimum Gasteiger partial charge on any atom is -0.494 e. The molecule has 1 amide bonds. The van der Waals surface area contributed by atoms with E-state index in [1.165, 1.54) is 4.90 Å². The maximum Gasteiger partial charge on any atom is 0.281 e. The van der Waals surface area contributed by atoms with Crippen LogP contribution in [0.3, 0.4) is 0 Å². The Labute approximate surface area is 195 Å². The smallest absolute Gasteiger partial charge is 0.281 e. The fraction of sp³-hybridized carbons (Fsp3) is 0.273. The van der Waals surface area contributed by atoms with Crippen LogP contribution < -0.4 is 19.1 Å².